The number of hydrogen-bond acceptors (Lipinski definition) is 1. The molecule has 0 N–H and O–H groups in total. The van der Waals surface area contributed by atoms with Crippen molar-refractivity contribution < 1.29 is 4.48 Å². The molecule has 0 radical (unpaired) electrons. The summed E-state index contributed by atoms with van der Waals surface area (Å²) < 4.78 is 0.969. The van der Waals surface area contributed by atoms with Gasteiger partial charge in [-0.1, -0.05) is 0 Å². The standard InChI is InChI=1S/C9H17N2/c1-9(8-10)11(2)6-4-3-5-7-11/h9H,3-7H2,1-2H3/q+1. The maximum Gasteiger partial charge on any atom is 0.173 e. The Hall–Kier alpha value is -0.550. The van der Waals surface area contributed by atoms with Gasteiger partial charge in [-0.15, -0.1) is 0 Å². The van der Waals surface area contributed by atoms with Gasteiger partial charge in [0.1, 0.15) is 6.07 Å². The molecule has 1 rings (SSSR count). The predicted molar refractivity (Wildman–Crippen MR) is 44.8 cm³/mol. The van der Waals surface area contributed by atoms with Gasteiger partial charge in [-0.25, -0.2) is 0 Å². The molecule has 1 aliphatic rings. The Morgan fingerprint density at radius 1 is 1.27 bits per heavy atom. The van der Waals surface area contributed by atoms with Crippen molar-refractivity contribution in [3.05, 3.63) is 0 Å². The Morgan fingerprint density at radius 2 is 1.82 bits per heavy atom. The van der Waals surface area contributed by atoms with Gasteiger partial charge in [0.15, 0.2) is 6.04 Å². The first-order chi connectivity index (χ1) is 5.19. The molecule has 1 saturated heterocycles. The van der Waals surface area contributed by atoms with Crippen molar-refractivity contribution in [3.8, 4) is 6.07 Å². The van der Waals surface area contributed by atoms with E-state index >= 15 is 0 Å². The second kappa shape index (κ2) is 3.23. The second-order valence-corrected chi connectivity index (χ2v) is 3.79. The minimum absolute atomic E-state index is 0.176. The van der Waals surface area contributed by atoms with Crippen LogP contribution in [0.25, 0.3) is 0 Å². The van der Waals surface area contributed by atoms with Crippen LogP contribution in [0, 0.1) is 11.3 Å². The highest BCUT2D eigenvalue weighted by Crippen LogP contribution is 2.19. The summed E-state index contributed by atoms with van der Waals surface area (Å²) in [5.41, 5.74) is 0. The molecular formula is C9H17N2+. The lowest BCUT2D eigenvalue weighted by Gasteiger charge is -2.39. The molecule has 62 valence electrons. The van der Waals surface area contributed by atoms with Crippen molar-refractivity contribution in [2.75, 3.05) is 20.1 Å². The van der Waals surface area contributed by atoms with E-state index in [-0.39, 0.29) is 6.04 Å². The van der Waals surface area contributed by atoms with Gasteiger partial charge in [-0.2, -0.15) is 5.26 Å². The molecular weight excluding hydrogens is 136 g/mol. The first-order valence-corrected chi connectivity index (χ1v) is 4.43. The van der Waals surface area contributed by atoms with E-state index in [0.29, 0.717) is 0 Å². The average Bonchev–Trinajstić information content (AvgIpc) is 2.04. The monoisotopic (exact) mass is 153 g/mol. The van der Waals surface area contributed by atoms with E-state index in [1.54, 1.807) is 0 Å². The van der Waals surface area contributed by atoms with Gasteiger partial charge in [0.25, 0.3) is 0 Å². The molecule has 0 aromatic carbocycles. The van der Waals surface area contributed by atoms with Crippen molar-refractivity contribution in [1.82, 2.24) is 0 Å². The number of quaternary nitrogens is 1. The van der Waals surface area contributed by atoms with Crippen LogP contribution in [0.1, 0.15) is 26.2 Å². The fourth-order valence-corrected chi connectivity index (χ4v) is 1.76. The summed E-state index contributed by atoms with van der Waals surface area (Å²) in [7, 11) is 2.20. The van der Waals surface area contributed by atoms with Gasteiger partial charge >= 0.3 is 0 Å². The van der Waals surface area contributed by atoms with Crippen LogP contribution in [0.5, 0.6) is 0 Å². The Labute approximate surface area is 69.0 Å². The van der Waals surface area contributed by atoms with Crippen LogP contribution in [-0.2, 0) is 0 Å². The summed E-state index contributed by atoms with van der Waals surface area (Å²) in [5.74, 6) is 0. The molecule has 0 aromatic rings. The molecule has 2 heteroatoms. The lowest BCUT2D eigenvalue weighted by atomic mass is 10.1. The minimum atomic E-state index is 0.176. The van der Waals surface area contributed by atoms with Crippen LogP contribution in [0.3, 0.4) is 0 Å². The first kappa shape index (κ1) is 8.55. The molecule has 2 nitrogen and oxygen atoms in total. The SMILES string of the molecule is CC(C#N)[N+]1(C)CCCCC1. The normalized spacial score (nSPS) is 25.5. The van der Waals surface area contributed by atoms with Gasteiger partial charge in [0, 0.05) is 6.92 Å². The quantitative estimate of drug-likeness (QED) is 0.524. The van der Waals surface area contributed by atoms with Crippen molar-refractivity contribution in [1.29, 1.82) is 5.26 Å². The first-order valence-electron chi connectivity index (χ1n) is 4.43. The molecule has 1 fully saturated rings. The van der Waals surface area contributed by atoms with Crippen LogP contribution in [0.2, 0.25) is 0 Å². The Bertz CT molecular complexity index is 163. The maximum absolute atomic E-state index is 8.79. The molecule has 0 aromatic heterocycles. The summed E-state index contributed by atoms with van der Waals surface area (Å²) in [6.07, 6.45) is 3.94. The molecule has 1 heterocycles. The maximum atomic E-state index is 8.79. The number of piperidine rings is 1. The average molecular weight is 153 g/mol. The van der Waals surface area contributed by atoms with E-state index in [1.807, 2.05) is 6.92 Å². The van der Waals surface area contributed by atoms with E-state index in [1.165, 1.54) is 32.4 Å². The molecule has 0 spiro atoms. The van der Waals surface area contributed by atoms with Crippen molar-refractivity contribution >= 4 is 0 Å². The van der Waals surface area contributed by atoms with Crippen molar-refractivity contribution in [3.63, 3.8) is 0 Å². The third kappa shape index (κ3) is 1.72. The highest BCUT2D eigenvalue weighted by atomic mass is 15.4. The molecule has 0 saturated carbocycles. The number of nitriles is 1. The molecule has 0 amide bonds. The van der Waals surface area contributed by atoms with E-state index in [4.69, 9.17) is 5.26 Å². The topological polar surface area (TPSA) is 23.8 Å². The third-order valence-electron chi connectivity index (χ3n) is 2.96. The Kier molecular flexibility index (Phi) is 2.51. The van der Waals surface area contributed by atoms with Crippen LogP contribution >= 0.6 is 0 Å². The number of hydrogen-bond donors (Lipinski definition) is 0. The van der Waals surface area contributed by atoms with E-state index in [9.17, 15) is 0 Å². The predicted octanol–water partition coefficient (Wildman–Crippen LogP) is 1.53. The van der Waals surface area contributed by atoms with Gasteiger partial charge in [0.05, 0.1) is 20.1 Å². The summed E-state index contributed by atoms with van der Waals surface area (Å²) in [6, 6.07) is 2.52. The molecule has 1 unspecified atom stereocenters. The summed E-state index contributed by atoms with van der Waals surface area (Å²) in [6.45, 7) is 4.41. The largest absolute Gasteiger partial charge is 0.312 e. The van der Waals surface area contributed by atoms with Crippen LogP contribution < -0.4 is 0 Å². The zero-order valence-electron chi connectivity index (χ0n) is 7.51. The minimum Gasteiger partial charge on any atom is -0.312 e. The lowest BCUT2D eigenvalue weighted by Crippen LogP contribution is -2.53. The number of rotatable bonds is 1. The van der Waals surface area contributed by atoms with E-state index < -0.39 is 0 Å². The van der Waals surface area contributed by atoms with Crippen molar-refractivity contribution in [2.24, 2.45) is 0 Å². The highest BCUT2D eigenvalue weighted by Gasteiger charge is 2.30. The molecule has 0 aliphatic carbocycles. The summed E-state index contributed by atoms with van der Waals surface area (Å²) in [4.78, 5) is 0. The van der Waals surface area contributed by atoms with E-state index in [2.05, 4.69) is 13.1 Å². The van der Waals surface area contributed by atoms with Crippen LogP contribution in [0.4, 0.5) is 0 Å². The van der Waals surface area contributed by atoms with Gasteiger partial charge in [-0.05, 0) is 19.3 Å². The fraction of sp³-hybridized carbons (Fsp3) is 0.889. The smallest absolute Gasteiger partial charge is 0.173 e. The summed E-state index contributed by atoms with van der Waals surface area (Å²) in [5, 5.41) is 8.79. The fourth-order valence-electron chi connectivity index (χ4n) is 1.76. The van der Waals surface area contributed by atoms with Gasteiger partial charge < -0.3 is 4.48 Å². The van der Waals surface area contributed by atoms with Gasteiger partial charge in [-0.3, -0.25) is 0 Å². The Balaban J connectivity index is 2.57. The van der Waals surface area contributed by atoms with E-state index in [0.717, 1.165) is 4.48 Å². The van der Waals surface area contributed by atoms with Crippen LogP contribution in [-0.4, -0.2) is 30.7 Å². The summed E-state index contributed by atoms with van der Waals surface area (Å²) >= 11 is 0. The zero-order chi connectivity index (χ0) is 8.32. The van der Waals surface area contributed by atoms with Crippen molar-refractivity contribution in [2.45, 2.75) is 32.2 Å². The Morgan fingerprint density at radius 3 is 2.27 bits per heavy atom. The van der Waals surface area contributed by atoms with Gasteiger partial charge in [0.2, 0.25) is 0 Å². The second-order valence-electron chi connectivity index (χ2n) is 3.79. The number of nitrogens with zero attached hydrogens (tertiary/aromatic N) is 2. The highest BCUT2D eigenvalue weighted by molar-refractivity contribution is 4.80. The molecule has 11 heavy (non-hydrogen) atoms. The third-order valence-corrected chi connectivity index (χ3v) is 2.96. The molecule has 1 atom stereocenters. The molecule has 0 bridgehead atoms. The zero-order valence-corrected chi connectivity index (χ0v) is 7.51. The lowest BCUT2D eigenvalue weighted by molar-refractivity contribution is -0.928. The molecule has 1 aliphatic heterocycles. The number of likely N-dealkylation sites (tertiary alicyclic amines) is 1. The van der Waals surface area contributed by atoms with Crippen LogP contribution in [0.15, 0.2) is 0 Å².